The van der Waals surface area contributed by atoms with E-state index in [0.717, 1.165) is 0 Å². The third-order valence-electron chi connectivity index (χ3n) is 1.94. The molecule has 0 unspecified atom stereocenters. The third-order valence-corrected chi connectivity index (χ3v) is 1.94. The van der Waals surface area contributed by atoms with Gasteiger partial charge in [0, 0.05) is 0 Å². The molecule has 0 saturated carbocycles. The van der Waals surface area contributed by atoms with Crippen LogP contribution >= 0.6 is 0 Å². The fourth-order valence-electron chi connectivity index (χ4n) is 1.19. The molecule has 0 spiro atoms. The molecule has 0 fully saturated rings. The van der Waals surface area contributed by atoms with E-state index in [1.807, 2.05) is 0 Å². The van der Waals surface area contributed by atoms with E-state index in [0.29, 0.717) is 17.1 Å². The van der Waals surface area contributed by atoms with E-state index in [4.69, 9.17) is 20.9 Å². The van der Waals surface area contributed by atoms with Gasteiger partial charge in [-0.1, -0.05) is 0 Å². The van der Waals surface area contributed by atoms with Crippen molar-refractivity contribution in [3.63, 3.8) is 0 Å². The first-order valence-electron chi connectivity index (χ1n) is 4.66. The molecule has 0 aromatic heterocycles. The molecule has 7 nitrogen and oxygen atoms in total. The maximum absolute atomic E-state index is 9.86. The van der Waals surface area contributed by atoms with Gasteiger partial charge in [0.25, 0.3) is 0 Å². The van der Waals surface area contributed by atoms with Crippen LogP contribution in [0.2, 0.25) is 0 Å². The highest BCUT2D eigenvalue weighted by molar-refractivity contribution is 5.89. The zero-order chi connectivity index (χ0) is 12.8. The number of ether oxygens (including phenoxy) is 2. The summed E-state index contributed by atoms with van der Waals surface area (Å²) in [6, 6.07) is 3.21. The topological polar surface area (TPSA) is 115 Å². The number of nitrogens with two attached hydrogens (primary N) is 2. The van der Waals surface area contributed by atoms with Crippen molar-refractivity contribution in [3.05, 3.63) is 17.7 Å². The minimum Gasteiger partial charge on any atom is -0.504 e. The maximum atomic E-state index is 9.86. The molecule has 0 aliphatic heterocycles. The van der Waals surface area contributed by atoms with Gasteiger partial charge in [-0.2, -0.15) is 5.10 Å². The number of aromatic hydroxyl groups is 1. The fourth-order valence-corrected chi connectivity index (χ4v) is 1.19. The van der Waals surface area contributed by atoms with E-state index in [2.05, 4.69) is 10.2 Å². The Balaban J connectivity index is 3.19. The van der Waals surface area contributed by atoms with Crippen molar-refractivity contribution in [3.8, 4) is 17.2 Å². The molecule has 0 atom stereocenters. The number of hydrogen-bond acceptors (Lipinski definition) is 5. The standard InChI is InChI=1S/C10H14N4O3/c1-16-7-3-4-8(17-2)9(15)6(7)5-13-14-10(11)12/h3-5,15H,1-2H3,(H4,11,12,14). The van der Waals surface area contributed by atoms with Gasteiger partial charge >= 0.3 is 0 Å². The zero-order valence-electron chi connectivity index (χ0n) is 9.54. The van der Waals surface area contributed by atoms with Gasteiger partial charge in [-0.25, -0.2) is 0 Å². The van der Waals surface area contributed by atoms with Crippen LogP contribution in [0.3, 0.4) is 0 Å². The molecule has 0 radical (unpaired) electrons. The zero-order valence-corrected chi connectivity index (χ0v) is 9.54. The molecule has 0 aliphatic carbocycles. The fraction of sp³-hybridized carbons (Fsp3) is 0.200. The molecule has 1 rings (SSSR count). The van der Waals surface area contributed by atoms with E-state index < -0.39 is 0 Å². The van der Waals surface area contributed by atoms with Crippen LogP contribution in [0.5, 0.6) is 17.2 Å². The van der Waals surface area contributed by atoms with Crippen molar-refractivity contribution >= 4 is 12.2 Å². The predicted octanol–water partition coefficient (Wildman–Crippen LogP) is 0.0167. The van der Waals surface area contributed by atoms with E-state index >= 15 is 0 Å². The van der Waals surface area contributed by atoms with Crippen LogP contribution in [-0.2, 0) is 0 Å². The second-order valence-electron chi connectivity index (χ2n) is 3.00. The molecular formula is C10H14N4O3. The molecular weight excluding hydrogens is 224 g/mol. The summed E-state index contributed by atoms with van der Waals surface area (Å²) in [6.45, 7) is 0. The Kier molecular flexibility index (Phi) is 4.15. The van der Waals surface area contributed by atoms with Gasteiger partial charge in [0.2, 0.25) is 5.96 Å². The molecule has 92 valence electrons. The second-order valence-corrected chi connectivity index (χ2v) is 3.00. The first kappa shape index (κ1) is 12.6. The van der Waals surface area contributed by atoms with E-state index in [9.17, 15) is 5.11 Å². The Morgan fingerprint density at radius 2 is 1.82 bits per heavy atom. The first-order chi connectivity index (χ1) is 8.10. The lowest BCUT2D eigenvalue weighted by Crippen LogP contribution is -2.21. The van der Waals surface area contributed by atoms with Crippen LogP contribution < -0.4 is 20.9 Å². The van der Waals surface area contributed by atoms with Gasteiger partial charge < -0.3 is 26.0 Å². The highest BCUT2D eigenvalue weighted by Crippen LogP contribution is 2.34. The van der Waals surface area contributed by atoms with Crippen molar-refractivity contribution in [2.75, 3.05) is 14.2 Å². The van der Waals surface area contributed by atoms with Crippen molar-refractivity contribution in [1.29, 1.82) is 0 Å². The first-order valence-corrected chi connectivity index (χ1v) is 4.66. The summed E-state index contributed by atoms with van der Waals surface area (Å²) in [5.41, 5.74) is 10.6. The number of nitrogens with zero attached hydrogens (tertiary/aromatic N) is 2. The molecule has 0 heterocycles. The number of methoxy groups -OCH3 is 2. The van der Waals surface area contributed by atoms with Gasteiger partial charge in [-0.05, 0) is 12.1 Å². The minimum absolute atomic E-state index is 0.0959. The molecule has 0 bridgehead atoms. The van der Waals surface area contributed by atoms with E-state index in [1.54, 1.807) is 12.1 Å². The molecule has 5 N–H and O–H groups in total. The normalized spacial score (nSPS) is 10.2. The molecule has 7 heteroatoms. The number of phenolic OH excluding ortho intramolecular Hbond substituents is 1. The minimum atomic E-state index is -0.178. The second kappa shape index (κ2) is 5.59. The van der Waals surface area contributed by atoms with Gasteiger partial charge in [0.05, 0.1) is 26.0 Å². The Morgan fingerprint density at radius 1 is 1.24 bits per heavy atom. The summed E-state index contributed by atoms with van der Waals surface area (Å²) in [6.07, 6.45) is 1.27. The average molecular weight is 238 g/mol. The number of guanidine groups is 1. The lowest BCUT2D eigenvalue weighted by Gasteiger charge is -2.09. The summed E-state index contributed by atoms with van der Waals surface area (Å²) in [5, 5.41) is 16.9. The van der Waals surface area contributed by atoms with Gasteiger partial charge in [-0.15, -0.1) is 5.10 Å². The average Bonchev–Trinajstić information content (AvgIpc) is 2.30. The van der Waals surface area contributed by atoms with E-state index in [1.165, 1.54) is 20.4 Å². The van der Waals surface area contributed by atoms with Crippen molar-refractivity contribution in [2.45, 2.75) is 0 Å². The van der Waals surface area contributed by atoms with E-state index in [-0.39, 0.29) is 11.7 Å². The number of phenols is 1. The van der Waals surface area contributed by atoms with Crippen LogP contribution in [-0.4, -0.2) is 31.5 Å². The molecule has 0 aliphatic rings. The Morgan fingerprint density at radius 3 is 2.35 bits per heavy atom. The lowest BCUT2D eigenvalue weighted by atomic mass is 10.2. The Hall–Kier alpha value is -2.44. The molecule has 1 aromatic carbocycles. The van der Waals surface area contributed by atoms with Crippen molar-refractivity contribution in [1.82, 2.24) is 0 Å². The largest absolute Gasteiger partial charge is 0.504 e. The van der Waals surface area contributed by atoms with Crippen LogP contribution in [0.15, 0.2) is 22.3 Å². The highest BCUT2D eigenvalue weighted by atomic mass is 16.5. The Bertz CT molecular complexity index is 453. The van der Waals surface area contributed by atoms with Crippen LogP contribution in [0.1, 0.15) is 5.56 Å². The summed E-state index contributed by atoms with van der Waals surface area (Å²) in [7, 11) is 2.91. The summed E-state index contributed by atoms with van der Waals surface area (Å²) < 4.78 is 10.0. The summed E-state index contributed by atoms with van der Waals surface area (Å²) >= 11 is 0. The molecule has 17 heavy (non-hydrogen) atoms. The lowest BCUT2D eigenvalue weighted by molar-refractivity contribution is 0.365. The molecule has 0 saturated heterocycles. The van der Waals surface area contributed by atoms with Crippen molar-refractivity contribution in [2.24, 2.45) is 21.7 Å². The monoisotopic (exact) mass is 238 g/mol. The SMILES string of the molecule is COc1ccc(OC)c(C=NN=C(N)N)c1O. The molecule has 1 aromatic rings. The van der Waals surface area contributed by atoms with Crippen LogP contribution in [0, 0.1) is 0 Å². The van der Waals surface area contributed by atoms with Crippen molar-refractivity contribution < 1.29 is 14.6 Å². The summed E-state index contributed by atoms with van der Waals surface area (Å²) in [5.74, 6) is 0.457. The summed E-state index contributed by atoms with van der Waals surface area (Å²) in [4.78, 5) is 0. The quantitative estimate of drug-likeness (QED) is 0.388. The number of hydrogen-bond donors (Lipinski definition) is 3. The smallest absolute Gasteiger partial charge is 0.211 e. The van der Waals surface area contributed by atoms with Gasteiger partial charge in [0.1, 0.15) is 5.75 Å². The Labute approximate surface area is 98.4 Å². The highest BCUT2D eigenvalue weighted by Gasteiger charge is 2.11. The van der Waals surface area contributed by atoms with Crippen LogP contribution in [0.25, 0.3) is 0 Å². The number of benzene rings is 1. The predicted molar refractivity (Wildman–Crippen MR) is 64.6 cm³/mol. The van der Waals surface area contributed by atoms with Gasteiger partial charge in [0.15, 0.2) is 11.5 Å². The number of rotatable bonds is 4. The van der Waals surface area contributed by atoms with Crippen LogP contribution in [0.4, 0.5) is 0 Å². The third kappa shape index (κ3) is 3.00. The molecule has 0 amide bonds. The van der Waals surface area contributed by atoms with Gasteiger partial charge in [-0.3, -0.25) is 0 Å². The maximum Gasteiger partial charge on any atom is 0.211 e.